The van der Waals surface area contributed by atoms with Gasteiger partial charge < -0.3 is 29.7 Å². The third kappa shape index (κ3) is 6.09. The van der Waals surface area contributed by atoms with Crippen LogP contribution in [0.25, 0.3) is 0 Å². The van der Waals surface area contributed by atoms with Gasteiger partial charge in [0.05, 0.1) is 24.0 Å². The first kappa shape index (κ1) is 32.0. The number of hydrogen-bond acceptors (Lipinski definition) is 7. The highest BCUT2D eigenvalue weighted by Gasteiger charge is 2.71. The summed E-state index contributed by atoms with van der Waals surface area (Å²) in [6, 6.07) is 14.5. The van der Waals surface area contributed by atoms with Crippen LogP contribution in [-0.2, 0) is 28.7 Å². The second kappa shape index (κ2) is 13.8. The molecule has 4 heterocycles. The number of carbonyl (C=O) groups is 4. The van der Waals surface area contributed by atoms with Crippen LogP contribution in [0.5, 0.6) is 0 Å². The molecule has 1 spiro atoms. The Morgan fingerprint density at radius 2 is 1.74 bits per heavy atom. The number of fused-ring (bicyclic) bond motifs is 2. The maximum absolute atomic E-state index is 14.6. The number of esters is 1. The summed E-state index contributed by atoms with van der Waals surface area (Å²) in [6.07, 6.45) is 8.66. The van der Waals surface area contributed by atoms with Crippen molar-refractivity contribution >= 4 is 41.0 Å². The van der Waals surface area contributed by atoms with E-state index in [-0.39, 0.29) is 50.5 Å². The number of allylic oxidation sites excluding steroid dienone is 1. The van der Waals surface area contributed by atoms with E-state index in [4.69, 9.17) is 21.1 Å². The summed E-state index contributed by atoms with van der Waals surface area (Å²) in [5.41, 5.74) is -0.0200. The molecule has 3 amide bonds. The fourth-order valence-electron chi connectivity index (χ4n) is 7.10. The van der Waals surface area contributed by atoms with Crippen LogP contribution in [0.3, 0.4) is 0 Å². The van der Waals surface area contributed by atoms with E-state index in [2.05, 4.69) is 5.32 Å². The van der Waals surface area contributed by atoms with Gasteiger partial charge in [0.25, 0.3) is 5.91 Å². The Labute approximate surface area is 273 Å². The van der Waals surface area contributed by atoms with Crippen molar-refractivity contribution in [1.82, 2.24) is 10.2 Å². The van der Waals surface area contributed by atoms with Crippen molar-refractivity contribution in [2.45, 2.75) is 55.9 Å². The highest BCUT2D eigenvalue weighted by molar-refractivity contribution is 6.30. The van der Waals surface area contributed by atoms with Crippen LogP contribution < -0.4 is 10.2 Å². The molecule has 46 heavy (non-hydrogen) atoms. The first-order valence-corrected chi connectivity index (χ1v) is 16.2. The van der Waals surface area contributed by atoms with Crippen LogP contribution >= 0.6 is 11.6 Å². The van der Waals surface area contributed by atoms with Gasteiger partial charge in [-0.2, -0.15) is 0 Å². The zero-order valence-electron chi connectivity index (χ0n) is 25.4. The highest BCUT2D eigenvalue weighted by Crippen LogP contribution is 2.53. The Kier molecular flexibility index (Phi) is 9.58. The van der Waals surface area contributed by atoms with Gasteiger partial charge in [-0.1, -0.05) is 66.2 Å². The van der Waals surface area contributed by atoms with Crippen LogP contribution in [0.4, 0.5) is 5.69 Å². The summed E-state index contributed by atoms with van der Waals surface area (Å²) in [7, 11) is 0. The van der Waals surface area contributed by atoms with Crippen molar-refractivity contribution in [3.05, 3.63) is 89.5 Å². The number of hydrogen-bond donors (Lipinski definition) is 2. The van der Waals surface area contributed by atoms with Gasteiger partial charge in [0, 0.05) is 36.8 Å². The summed E-state index contributed by atoms with van der Waals surface area (Å²) < 4.78 is 12.3. The maximum Gasteiger partial charge on any atom is 0.306 e. The molecule has 2 aromatic carbocycles. The average molecular weight is 648 g/mol. The van der Waals surface area contributed by atoms with E-state index >= 15 is 0 Å². The van der Waals surface area contributed by atoms with Gasteiger partial charge in [0.1, 0.15) is 18.2 Å². The molecule has 0 unspecified atom stereocenters. The van der Waals surface area contributed by atoms with E-state index < -0.39 is 41.5 Å². The number of amides is 3. The first-order valence-electron chi connectivity index (χ1n) is 15.9. The molecule has 0 saturated carbocycles. The minimum absolute atomic E-state index is 0.0349. The molecule has 10 nitrogen and oxygen atoms in total. The number of halogens is 1. The van der Waals surface area contributed by atoms with E-state index in [0.717, 1.165) is 5.56 Å². The third-order valence-corrected chi connectivity index (χ3v) is 9.51. The van der Waals surface area contributed by atoms with Crippen LogP contribution in [0.2, 0.25) is 5.02 Å². The summed E-state index contributed by atoms with van der Waals surface area (Å²) in [4.78, 5) is 59.1. The van der Waals surface area contributed by atoms with Crippen molar-refractivity contribution in [2.75, 3.05) is 31.2 Å². The first-order chi connectivity index (χ1) is 22.3. The molecule has 2 N–H and O–H groups in total. The lowest BCUT2D eigenvalue weighted by atomic mass is 9.77. The number of cyclic esters (lactones) is 1. The van der Waals surface area contributed by atoms with Crippen molar-refractivity contribution in [2.24, 2.45) is 11.8 Å². The standard InChI is InChI=1S/C35H38ClN3O7/c36-24-14-16-25(17-15-24)38-20-9-18-35-30(33(43)39(31(35)34(38)44)19-7-2-8-21-40)29-27(46-35)12-5-6-13-28(41)45-22-26(37-32(29)42)23-10-3-1-4-11-23/h1,3-5,9-12,14-18,26-27,29-31,40H,2,6-8,13,19-22H2,(H,37,42)/b12-5-/t26-,27+,29-,30-,31+,35-/m1/s1. The quantitative estimate of drug-likeness (QED) is 0.267. The Balaban J connectivity index is 1.40. The van der Waals surface area contributed by atoms with Crippen LogP contribution in [0, 0.1) is 11.8 Å². The van der Waals surface area contributed by atoms with E-state index in [9.17, 15) is 24.3 Å². The van der Waals surface area contributed by atoms with Crippen molar-refractivity contribution < 1.29 is 33.8 Å². The number of rotatable bonds is 7. The number of nitrogens with one attached hydrogen (secondary N) is 1. The average Bonchev–Trinajstić information content (AvgIpc) is 3.44. The van der Waals surface area contributed by atoms with Crippen LogP contribution in [0.1, 0.15) is 43.7 Å². The second-order valence-corrected chi connectivity index (χ2v) is 12.5. The SMILES string of the molecule is O=C1CC/C=C\[C@@H]2O[C@@]34C=CCN(c5ccc(Cl)cc5)C(=O)[C@@H]3N(CCCCCO)C(=O)[C@H]4[C@@H]2C(=O)N[C@@H](c2ccccc2)CO1. The fourth-order valence-corrected chi connectivity index (χ4v) is 7.23. The number of carbonyl (C=O) groups excluding carboxylic acids is 4. The Bertz CT molecular complexity index is 1510. The van der Waals surface area contributed by atoms with Gasteiger partial charge in [-0.15, -0.1) is 0 Å². The lowest BCUT2D eigenvalue weighted by molar-refractivity contribution is -0.146. The summed E-state index contributed by atoms with van der Waals surface area (Å²) in [5, 5.41) is 12.9. The van der Waals surface area contributed by atoms with Gasteiger partial charge in [-0.25, -0.2) is 0 Å². The zero-order chi connectivity index (χ0) is 32.3. The molecule has 0 bridgehead atoms. The molecule has 6 atom stereocenters. The van der Waals surface area contributed by atoms with E-state index in [0.29, 0.717) is 36.4 Å². The highest BCUT2D eigenvalue weighted by atomic mass is 35.5. The number of aliphatic hydroxyl groups excluding tert-OH is 1. The zero-order valence-corrected chi connectivity index (χ0v) is 26.2. The maximum atomic E-state index is 14.6. The van der Waals surface area contributed by atoms with Gasteiger partial charge in [0.2, 0.25) is 11.8 Å². The Hall–Kier alpha value is -3.99. The molecule has 0 aliphatic carbocycles. The number of anilines is 1. The minimum atomic E-state index is -1.40. The molecule has 0 radical (unpaired) electrons. The fraction of sp³-hybridized carbons (Fsp3) is 0.429. The Morgan fingerprint density at radius 1 is 0.957 bits per heavy atom. The largest absolute Gasteiger partial charge is 0.463 e. The van der Waals surface area contributed by atoms with Crippen molar-refractivity contribution in [1.29, 1.82) is 0 Å². The molecule has 11 heteroatoms. The molecule has 2 saturated heterocycles. The van der Waals surface area contributed by atoms with Gasteiger partial charge >= 0.3 is 5.97 Å². The summed E-state index contributed by atoms with van der Waals surface area (Å²) in [6.45, 7) is 0.492. The van der Waals surface area contributed by atoms with Gasteiger partial charge in [-0.05, 0) is 55.5 Å². The lowest BCUT2D eigenvalue weighted by Crippen LogP contribution is -2.55. The van der Waals surface area contributed by atoms with Gasteiger partial charge in [-0.3, -0.25) is 19.2 Å². The number of unbranched alkanes of at least 4 members (excludes halogenated alkanes) is 2. The van der Waals surface area contributed by atoms with Crippen LogP contribution in [0.15, 0.2) is 78.9 Å². The monoisotopic (exact) mass is 647 g/mol. The lowest BCUT2D eigenvalue weighted by Gasteiger charge is -2.35. The van der Waals surface area contributed by atoms with Gasteiger partial charge in [0.15, 0.2) is 0 Å². The van der Waals surface area contributed by atoms with Crippen molar-refractivity contribution in [3.63, 3.8) is 0 Å². The summed E-state index contributed by atoms with van der Waals surface area (Å²) >= 11 is 6.14. The van der Waals surface area contributed by atoms with E-state index in [1.165, 1.54) is 0 Å². The molecule has 242 valence electrons. The van der Waals surface area contributed by atoms with E-state index in [1.807, 2.05) is 36.4 Å². The minimum Gasteiger partial charge on any atom is -0.463 e. The number of nitrogens with zero attached hydrogens (tertiary/aromatic N) is 2. The second-order valence-electron chi connectivity index (χ2n) is 12.1. The van der Waals surface area contributed by atoms with Crippen molar-refractivity contribution in [3.8, 4) is 0 Å². The molecule has 0 aromatic heterocycles. The molecular weight excluding hydrogens is 610 g/mol. The number of ether oxygens (including phenoxy) is 2. The molecule has 4 aliphatic rings. The molecule has 2 fully saturated rings. The number of likely N-dealkylation sites (tertiary alicyclic amines) is 1. The van der Waals surface area contributed by atoms with E-state index in [1.54, 1.807) is 52.3 Å². The molecule has 6 rings (SSSR count). The normalized spacial score (nSPS) is 30.3. The number of benzene rings is 2. The smallest absolute Gasteiger partial charge is 0.306 e. The van der Waals surface area contributed by atoms with Crippen LogP contribution in [-0.4, -0.2) is 77.7 Å². The third-order valence-electron chi connectivity index (χ3n) is 9.26. The predicted molar refractivity (Wildman–Crippen MR) is 171 cm³/mol. The topological polar surface area (TPSA) is 125 Å². The molecular formula is C35H38ClN3O7. The Morgan fingerprint density at radius 3 is 2.50 bits per heavy atom. The summed E-state index contributed by atoms with van der Waals surface area (Å²) in [5.74, 6) is -3.36. The molecule has 4 aliphatic heterocycles. The predicted octanol–water partition coefficient (Wildman–Crippen LogP) is 3.74. The number of aliphatic hydroxyl groups is 1. The molecule has 2 aromatic rings.